The summed E-state index contributed by atoms with van der Waals surface area (Å²) < 4.78 is 5.49. The van der Waals surface area contributed by atoms with Gasteiger partial charge in [-0.15, -0.1) is 0 Å². The van der Waals surface area contributed by atoms with Gasteiger partial charge in [0.25, 0.3) is 0 Å². The quantitative estimate of drug-likeness (QED) is 0.860. The molecular weight excluding hydrogens is 258 g/mol. The number of aliphatic carboxylic acids is 1. The summed E-state index contributed by atoms with van der Waals surface area (Å²) in [6, 6.07) is -0.0927. The first-order valence-electron chi connectivity index (χ1n) is 7.04. The van der Waals surface area contributed by atoms with Gasteiger partial charge in [-0.05, 0) is 26.7 Å². The summed E-state index contributed by atoms with van der Waals surface area (Å²) >= 11 is 0. The number of aromatic nitrogens is 2. The molecule has 0 amide bonds. The number of hydrogen-bond donors (Lipinski definition) is 2. The Kier molecular flexibility index (Phi) is 4.76. The first kappa shape index (κ1) is 14.6. The van der Waals surface area contributed by atoms with Crippen molar-refractivity contribution in [1.82, 2.24) is 9.97 Å². The fourth-order valence-electron chi connectivity index (χ4n) is 2.51. The molecule has 0 spiro atoms. The van der Waals surface area contributed by atoms with E-state index in [-0.39, 0.29) is 18.1 Å². The lowest BCUT2D eigenvalue weighted by atomic mass is 9.84. The summed E-state index contributed by atoms with van der Waals surface area (Å²) in [5, 5.41) is 12.5. The number of nitrogens with one attached hydrogen (secondary N) is 1. The van der Waals surface area contributed by atoms with Gasteiger partial charge < -0.3 is 15.2 Å². The van der Waals surface area contributed by atoms with E-state index in [4.69, 9.17) is 4.74 Å². The van der Waals surface area contributed by atoms with Crippen LogP contribution in [0.5, 0.6) is 5.88 Å². The molecular formula is C14H21N3O3. The molecule has 1 saturated carbocycles. The van der Waals surface area contributed by atoms with E-state index in [0.717, 1.165) is 19.3 Å². The first-order valence-corrected chi connectivity index (χ1v) is 7.04. The highest BCUT2D eigenvalue weighted by atomic mass is 16.5. The highest BCUT2D eigenvalue weighted by Gasteiger charge is 2.30. The summed E-state index contributed by atoms with van der Waals surface area (Å²) in [6.45, 7) is 3.84. The van der Waals surface area contributed by atoms with Gasteiger partial charge in [-0.3, -0.25) is 9.78 Å². The van der Waals surface area contributed by atoms with Crippen molar-refractivity contribution in [3.63, 3.8) is 0 Å². The Morgan fingerprint density at radius 1 is 1.40 bits per heavy atom. The van der Waals surface area contributed by atoms with Gasteiger partial charge in [-0.1, -0.05) is 12.8 Å². The zero-order chi connectivity index (χ0) is 14.5. The Hall–Kier alpha value is -1.85. The van der Waals surface area contributed by atoms with E-state index in [9.17, 15) is 9.90 Å². The molecule has 110 valence electrons. The molecule has 1 heterocycles. The molecule has 0 bridgehead atoms. The molecule has 2 atom stereocenters. The summed E-state index contributed by atoms with van der Waals surface area (Å²) in [5.41, 5.74) is 0. The van der Waals surface area contributed by atoms with Crippen LogP contribution in [-0.4, -0.2) is 33.2 Å². The van der Waals surface area contributed by atoms with E-state index < -0.39 is 5.97 Å². The van der Waals surface area contributed by atoms with Crippen molar-refractivity contribution in [3.05, 3.63) is 12.4 Å². The maximum Gasteiger partial charge on any atom is 0.308 e. The Balaban J connectivity index is 2.06. The lowest BCUT2D eigenvalue weighted by Crippen LogP contribution is -2.37. The van der Waals surface area contributed by atoms with Crippen LogP contribution < -0.4 is 10.1 Å². The molecule has 2 rings (SSSR count). The summed E-state index contributed by atoms with van der Waals surface area (Å²) in [6.07, 6.45) is 6.74. The Bertz CT molecular complexity index is 465. The maximum atomic E-state index is 11.3. The topological polar surface area (TPSA) is 84.3 Å². The van der Waals surface area contributed by atoms with Crippen LogP contribution in [0.4, 0.5) is 5.82 Å². The van der Waals surface area contributed by atoms with Crippen molar-refractivity contribution in [2.45, 2.75) is 51.7 Å². The minimum absolute atomic E-state index is 0.0287. The van der Waals surface area contributed by atoms with Crippen molar-refractivity contribution in [2.75, 3.05) is 5.32 Å². The van der Waals surface area contributed by atoms with Gasteiger partial charge in [0.2, 0.25) is 5.88 Å². The Morgan fingerprint density at radius 2 is 2.15 bits per heavy atom. The number of anilines is 1. The third kappa shape index (κ3) is 3.82. The number of carboxylic acid groups (broad SMARTS) is 1. The van der Waals surface area contributed by atoms with E-state index in [1.807, 2.05) is 13.8 Å². The third-order valence-corrected chi connectivity index (χ3v) is 3.39. The second kappa shape index (κ2) is 6.54. The van der Waals surface area contributed by atoms with Gasteiger partial charge in [-0.25, -0.2) is 0 Å². The number of nitrogens with zero attached hydrogens (tertiary/aromatic N) is 2. The molecule has 0 radical (unpaired) electrons. The highest BCUT2D eigenvalue weighted by Crippen LogP contribution is 2.27. The van der Waals surface area contributed by atoms with Crippen LogP contribution in [0.15, 0.2) is 12.4 Å². The lowest BCUT2D eigenvalue weighted by molar-refractivity contribution is -0.143. The van der Waals surface area contributed by atoms with Crippen LogP contribution in [0.1, 0.15) is 39.5 Å². The van der Waals surface area contributed by atoms with Crippen molar-refractivity contribution < 1.29 is 14.6 Å². The fourth-order valence-corrected chi connectivity index (χ4v) is 2.51. The first-order chi connectivity index (χ1) is 9.56. The molecule has 6 heteroatoms. The molecule has 2 unspecified atom stereocenters. The van der Waals surface area contributed by atoms with Gasteiger partial charge in [0.05, 0.1) is 24.4 Å². The summed E-state index contributed by atoms with van der Waals surface area (Å²) in [5.74, 6) is -0.0843. The third-order valence-electron chi connectivity index (χ3n) is 3.39. The Labute approximate surface area is 118 Å². The summed E-state index contributed by atoms with van der Waals surface area (Å²) in [4.78, 5) is 19.7. The molecule has 20 heavy (non-hydrogen) atoms. The standard InChI is InChI=1S/C14H21N3O3/c1-9(2)20-13-8-15-7-12(17-13)16-11-6-4-3-5-10(11)14(18)19/h7-11H,3-6H2,1-2H3,(H,16,17)(H,18,19). The second-order valence-electron chi connectivity index (χ2n) is 5.39. The fraction of sp³-hybridized carbons (Fsp3) is 0.643. The highest BCUT2D eigenvalue weighted by molar-refractivity contribution is 5.71. The van der Waals surface area contributed by atoms with E-state index in [2.05, 4.69) is 15.3 Å². The number of hydrogen-bond acceptors (Lipinski definition) is 5. The van der Waals surface area contributed by atoms with Crippen molar-refractivity contribution in [2.24, 2.45) is 5.92 Å². The van der Waals surface area contributed by atoms with Gasteiger partial charge in [0.15, 0.2) is 0 Å². The van der Waals surface area contributed by atoms with Gasteiger partial charge >= 0.3 is 5.97 Å². The van der Waals surface area contributed by atoms with Crippen LogP contribution in [0.25, 0.3) is 0 Å². The number of rotatable bonds is 5. The van der Waals surface area contributed by atoms with Crippen molar-refractivity contribution in [1.29, 1.82) is 0 Å². The van der Waals surface area contributed by atoms with Crippen LogP contribution in [0, 0.1) is 5.92 Å². The van der Waals surface area contributed by atoms with Crippen molar-refractivity contribution in [3.8, 4) is 5.88 Å². The average molecular weight is 279 g/mol. The largest absolute Gasteiger partial charge is 0.481 e. The molecule has 1 aromatic heterocycles. The maximum absolute atomic E-state index is 11.3. The minimum Gasteiger partial charge on any atom is -0.481 e. The summed E-state index contributed by atoms with van der Waals surface area (Å²) in [7, 11) is 0. The minimum atomic E-state index is -0.746. The predicted octanol–water partition coefficient (Wildman–Crippen LogP) is 2.32. The van der Waals surface area contributed by atoms with Crippen LogP contribution >= 0.6 is 0 Å². The molecule has 1 aliphatic rings. The smallest absolute Gasteiger partial charge is 0.308 e. The van der Waals surface area contributed by atoms with E-state index in [0.29, 0.717) is 18.1 Å². The van der Waals surface area contributed by atoms with Gasteiger partial charge in [-0.2, -0.15) is 4.98 Å². The lowest BCUT2D eigenvalue weighted by Gasteiger charge is -2.29. The SMILES string of the molecule is CC(C)Oc1cncc(NC2CCCCC2C(=O)O)n1. The molecule has 0 aliphatic heterocycles. The molecule has 0 saturated heterocycles. The van der Waals surface area contributed by atoms with Crippen LogP contribution in [0.2, 0.25) is 0 Å². The zero-order valence-corrected chi connectivity index (χ0v) is 11.9. The van der Waals surface area contributed by atoms with E-state index in [1.54, 1.807) is 12.4 Å². The van der Waals surface area contributed by atoms with Crippen LogP contribution in [-0.2, 0) is 4.79 Å². The molecule has 0 aromatic carbocycles. The predicted molar refractivity (Wildman–Crippen MR) is 74.8 cm³/mol. The van der Waals surface area contributed by atoms with E-state index >= 15 is 0 Å². The number of carbonyl (C=O) groups is 1. The van der Waals surface area contributed by atoms with Crippen LogP contribution in [0.3, 0.4) is 0 Å². The molecule has 1 aromatic rings. The Morgan fingerprint density at radius 3 is 2.85 bits per heavy atom. The number of carboxylic acids is 1. The average Bonchev–Trinajstić information content (AvgIpc) is 2.38. The second-order valence-corrected chi connectivity index (χ2v) is 5.39. The molecule has 1 fully saturated rings. The van der Waals surface area contributed by atoms with Gasteiger partial charge in [0.1, 0.15) is 5.82 Å². The number of ether oxygens (including phenoxy) is 1. The normalized spacial score (nSPS) is 22.6. The molecule has 1 aliphatic carbocycles. The van der Waals surface area contributed by atoms with E-state index in [1.165, 1.54) is 0 Å². The molecule has 6 nitrogen and oxygen atoms in total. The van der Waals surface area contributed by atoms with Gasteiger partial charge in [0, 0.05) is 6.04 Å². The monoisotopic (exact) mass is 279 g/mol. The van der Waals surface area contributed by atoms with Crippen molar-refractivity contribution >= 4 is 11.8 Å². The zero-order valence-electron chi connectivity index (χ0n) is 11.9. The molecule has 2 N–H and O–H groups in total.